The first-order valence-corrected chi connectivity index (χ1v) is 12.5. The molecule has 4 rings (SSSR count). The van der Waals surface area contributed by atoms with Crippen LogP contribution in [0, 0.1) is 5.82 Å². The summed E-state index contributed by atoms with van der Waals surface area (Å²) in [6.07, 6.45) is -0.282. The Bertz CT molecular complexity index is 1140. The predicted molar refractivity (Wildman–Crippen MR) is 131 cm³/mol. The van der Waals surface area contributed by atoms with E-state index in [1.54, 1.807) is 53.7 Å². The third-order valence-corrected chi connectivity index (χ3v) is 7.06. The maximum Gasteiger partial charge on any atom is 0.338 e. The lowest BCUT2D eigenvalue weighted by atomic mass is 9.93. The van der Waals surface area contributed by atoms with E-state index in [1.165, 1.54) is 24.8 Å². The molecule has 3 heterocycles. The van der Waals surface area contributed by atoms with Gasteiger partial charge in [-0.25, -0.2) is 14.2 Å². The van der Waals surface area contributed by atoms with Crippen LogP contribution < -0.4 is 0 Å². The zero-order valence-electron chi connectivity index (χ0n) is 20.3. The number of carbonyl (C=O) groups excluding carboxylic acids is 3. The minimum atomic E-state index is -0.807. The van der Waals surface area contributed by atoms with Crippen LogP contribution in [-0.4, -0.2) is 69.9 Å². The second-order valence-electron chi connectivity index (χ2n) is 8.93. The second-order valence-corrected chi connectivity index (χ2v) is 9.77. The molecule has 1 atom stereocenters. The Morgan fingerprint density at radius 3 is 2.43 bits per heavy atom. The average Bonchev–Trinajstić information content (AvgIpc) is 3.20. The van der Waals surface area contributed by atoms with Gasteiger partial charge in [0.05, 0.1) is 29.8 Å². The Morgan fingerprint density at radius 1 is 1.14 bits per heavy atom. The molecule has 0 aromatic heterocycles. The van der Waals surface area contributed by atoms with Gasteiger partial charge in [0.25, 0.3) is 0 Å². The molecule has 0 aliphatic carbocycles. The van der Waals surface area contributed by atoms with Crippen LogP contribution in [0.25, 0.3) is 0 Å². The van der Waals surface area contributed by atoms with Gasteiger partial charge in [-0.3, -0.25) is 9.59 Å². The van der Waals surface area contributed by atoms with E-state index in [0.29, 0.717) is 48.3 Å². The smallest absolute Gasteiger partial charge is 0.338 e. The van der Waals surface area contributed by atoms with Gasteiger partial charge in [-0.05, 0) is 32.2 Å². The van der Waals surface area contributed by atoms with E-state index in [2.05, 4.69) is 4.99 Å². The lowest BCUT2D eigenvalue weighted by molar-refractivity contribution is -0.143. The molecular formula is C25H29FN4O4S. The van der Waals surface area contributed by atoms with Crippen molar-refractivity contribution in [3.8, 4) is 0 Å². The highest BCUT2D eigenvalue weighted by Gasteiger charge is 2.42. The molecule has 1 saturated heterocycles. The average molecular weight is 501 g/mol. The summed E-state index contributed by atoms with van der Waals surface area (Å²) in [6.45, 7) is 8.66. The second kappa shape index (κ2) is 10.2. The minimum absolute atomic E-state index is 0.00290. The Hall–Kier alpha value is -3.14. The zero-order valence-corrected chi connectivity index (χ0v) is 21.1. The van der Waals surface area contributed by atoms with Gasteiger partial charge < -0.3 is 19.4 Å². The molecule has 2 amide bonds. The van der Waals surface area contributed by atoms with Crippen LogP contribution in [-0.2, 0) is 19.1 Å². The van der Waals surface area contributed by atoms with Crippen molar-refractivity contribution in [2.45, 2.75) is 46.3 Å². The first-order chi connectivity index (χ1) is 16.7. The topological polar surface area (TPSA) is 82.5 Å². The number of allylic oxidation sites excluding steroid dienone is 1. The lowest BCUT2D eigenvalue weighted by Crippen LogP contribution is -2.50. The number of hydrogen-bond acceptors (Lipinski definition) is 7. The summed E-state index contributed by atoms with van der Waals surface area (Å²) in [5.74, 6) is -1.11. The van der Waals surface area contributed by atoms with Crippen molar-refractivity contribution in [2.75, 3.05) is 26.2 Å². The molecule has 0 bridgehead atoms. The maximum atomic E-state index is 15.1. The highest BCUT2D eigenvalue weighted by molar-refractivity contribution is 8.16. The highest BCUT2D eigenvalue weighted by Crippen LogP contribution is 2.45. The summed E-state index contributed by atoms with van der Waals surface area (Å²) in [6, 6.07) is 5.50. The largest absolute Gasteiger partial charge is 0.459 e. The summed E-state index contributed by atoms with van der Waals surface area (Å²) in [5, 5.41) is 2.42. The number of piperazine rings is 1. The SMILES string of the molecule is CC(=O)N1CCN(C(=O)CC2=CSC3=NC(C)=C(C(=O)OC(C)C)[C@H](c4ccccc4F)N23)CC1. The van der Waals surface area contributed by atoms with Crippen LogP contribution >= 0.6 is 11.8 Å². The first kappa shape index (κ1) is 25.0. The molecule has 3 aliphatic heterocycles. The van der Waals surface area contributed by atoms with Crippen molar-refractivity contribution in [3.63, 3.8) is 0 Å². The molecule has 10 heteroatoms. The van der Waals surface area contributed by atoms with Crippen molar-refractivity contribution in [3.05, 3.63) is 58.0 Å². The number of carbonyl (C=O) groups is 3. The highest BCUT2D eigenvalue weighted by atomic mass is 32.2. The first-order valence-electron chi connectivity index (χ1n) is 11.6. The van der Waals surface area contributed by atoms with Crippen molar-refractivity contribution in [1.82, 2.24) is 14.7 Å². The van der Waals surface area contributed by atoms with Gasteiger partial charge in [0.1, 0.15) is 5.82 Å². The predicted octanol–water partition coefficient (Wildman–Crippen LogP) is 3.43. The molecule has 1 aromatic rings. The van der Waals surface area contributed by atoms with E-state index >= 15 is 4.39 Å². The molecule has 0 saturated carbocycles. The molecule has 0 N–H and O–H groups in total. The number of fused-ring (bicyclic) bond motifs is 1. The number of aliphatic imine (C=N–C) groups is 1. The Labute approximate surface area is 208 Å². The van der Waals surface area contributed by atoms with E-state index in [0.717, 1.165) is 0 Å². The van der Waals surface area contributed by atoms with Gasteiger partial charge >= 0.3 is 5.97 Å². The quantitative estimate of drug-likeness (QED) is 0.576. The van der Waals surface area contributed by atoms with Gasteiger partial charge in [0.15, 0.2) is 5.17 Å². The number of rotatable bonds is 5. The van der Waals surface area contributed by atoms with Crippen LogP contribution in [0.2, 0.25) is 0 Å². The summed E-state index contributed by atoms with van der Waals surface area (Å²) in [7, 11) is 0. The summed E-state index contributed by atoms with van der Waals surface area (Å²) in [5.41, 5.74) is 1.67. The van der Waals surface area contributed by atoms with Gasteiger partial charge in [0.2, 0.25) is 11.8 Å². The molecule has 0 spiro atoms. The molecule has 1 aromatic carbocycles. The van der Waals surface area contributed by atoms with Crippen molar-refractivity contribution >= 4 is 34.7 Å². The number of nitrogens with zero attached hydrogens (tertiary/aromatic N) is 4. The van der Waals surface area contributed by atoms with Crippen LogP contribution in [0.4, 0.5) is 4.39 Å². The van der Waals surface area contributed by atoms with Crippen molar-refractivity contribution < 1.29 is 23.5 Å². The lowest BCUT2D eigenvalue weighted by Gasteiger charge is -2.38. The van der Waals surface area contributed by atoms with E-state index in [9.17, 15) is 14.4 Å². The molecule has 35 heavy (non-hydrogen) atoms. The molecule has 186 valence electrons. The Kier molecular flexibility index (Phi) is 7.30. The monoisotopic (exact) mass is 500 g/mol. The molecule has 3 aliphatic rings. The van der Waals surface area contributed by atoms with E-state index in [4.69, 9.17) is 4.74 Å². The number of esters is 1. The molecular weight excluding hydrogens is 471 g/mol. The fraction of sp³-hybridized carbons (Fsp3) is 0.440. The number of ether oxygens (including phenoxy) is 1. The normalized spacial score (nSPS) is 20.1. The third-order valence-electron chi connectivity index (χ3n) is 6.17. The number of benzene rings is 1. The van der Waals surface area contributed by atoms with Crippen molar-refractivity contribution in [2.24, 2.45) is 4.99 Å². The third kappa shape index (κ3) is 5.12. The van der Waals surface area contributed by atoms with Crippen LogP contribution in [0.3, 0.4) is 0 Å². The van der Waals surface area contributed by atoms with E-state index in [1.807, 2.05) is 5.41 Å². The van der Waals surface area contributed by atoms with Gasteiger partial charge in [0, 0.05) is 44.4 Å². The van der Waals surface area contributed by atoms with E-state index in [-0.39, 0.29) is 29.9 Å². The summed E-state index contributed by atoms with van der Waals surface area (Å²) >= 11 is 1.34. The number of amides is 2. The maximum absolute atomic E-state index is 15.1. The summed E-state index contributed by atoms with van der Waals surface area (Å²) in [4.78, 5) is 47.7. The van der Waals surface area contributed by atoms with Gasteiger partial charge in [-0.15, -0.1) is 0 Å². The number of thioether (sulfide) groups is 1. The van der Waals surface area contributed by atoms with Gasteiger partial charge in [-0.1, -0.05) is 30.0 Å². The minimum Gasteiger partial charge on any atom is -0.459 e. The van der Waals surface area contributed by atoms with Crippen LogP contribution in [0.1, 0.15) is 45.7 Å². The van der Waals surface area contributed by atoms with Crippen LogP contribution in [0.15, 0.2) is 51.6 Å². The standard InChI is InChI=1S/C25H29FN4O4S/c1-15(2)34-24(33)22-16(3)27-25-30(23(22)19-7-5-6-8-20(19)26)18(14-35-25)13-21(32)29-11-9-28(10-12-29)17(4)31/h5-8,14-15,23H,9-13H2,1-4H3/t23-/m0/s1. The fourth-order valence-corrected chi connectivity index (χ4v) is 5.40. The Morgan fingerprint density at radius 2 is 1.80 bits per heavy atom. The summed E-state index contributed by atoms with van der Waals surface area (Å²) < 4.78 is 20.6. The van der Waals surface area contributed by atoms with Crippen LogP contribution in [0.5, 0.6) is 0 Å². The Balaban J connectivity index is 1.63. The molecule has 1 fully saturated rings. The molecule has 8 nitrogen and oxygen atoms in total. The number of hydrogen-bond donors (Lipinski definition) is 0. The molecule has 0 radical (unpaired) electrons. The fourth-order valence-electron chi connectivity index (χ4n) is 4.44. The van der Waals surface area contributed by atoms with Gasteiger partial charge in [-0.2, -0.15) is 0 Å². The number of amidine groups is 1. The zero-order chi connectivity index (χ0) is 25.3. The number of halogens is 1. The van der Waals surface area contributed by atoms with E-state index < -0.39 is 17.8 Å². The molecule has 0 unspecified atom stereocenters. The van der Waals surface area contributed by atoms with Crippen molar-refractivity contribution in [1.29, 1.82) is 0 Å².